The number of imidazole rings is 1. The Morgan fingerprint density at radius 3 is 3.14 bits per heavy atom. The van der Waals surface area contributed by atoms with E-state index >= 15 is 0 Å². The summed E-state index contributed by atoms with van der Waals surface area (Å²) in [6, 6.07) is 0. The smallest absolute Gasteiger partial charge is 0.207 e. The van der Waals surface area contributed by atoms with Crippen molar-refractivity contribution in [3.05, 3.63) is 17.7 Å². The van der Waals surface area contributed by atoms with Crippen molar-refractivity contribution in [3.63, 3.8) is 0 Å². The van der Waals surface area contributed by atoms with Gasteiger partial charge in [-0.1, -0.05) is 0 Å². The molecule has 0 fully saturated rings. The van der Waals surface area contributed by atoms with E-state index in [-0.39, 0.29) is 5.96 Å². The molecular formula is C8H14N5S. The average Bonchev–Trinajstić information content (AvgIpc) is 2.51. The van der Waals surface area contributed by atoms with Crippen molar-refractivity contribution in [2.45, 2.75) is 12.7 Å². The Hall–Kier alpha value is -1.17. The lowest BCUT2D eigenvalue weighted by atomic mass is 10.4. The fourth-order valence-corrected chi connectivity index (χ4v) is 1.78. The normalized spacial score (nSPS) is 11.9. The molecule has 0 saturated heterocycles. The van der Waals surface area contributed by atoms with Crippen LogP contribution in [0.2, 0.25) is 0 Å². The lowest BCUT2D eigenvalue weighted by Gasteiger charge is -1.97. The van der Waals surface area contributed by atoms with Gasteiger partial charge in [-0.15, -0.1) is 0 Å². The molecule has 4 N–H and O–H groups in total. The summed E-state index contributed by atoms with van der Waals surface area (Å²) < 4.78 is 0. The Balaban J connectivity index is 2.16. The number of aromatic nitrogens is 2. The lowest BCUT2D eigenvalue weighted by Crippen LogP contribution is -2.12. The van der Waals surface area contributed by atoms with Crippen molar-refractivity contribution < 1.29 is 0 Å². The highest BCUT2D eigenvalue weighted by Gasteiger charge is 1.99. The van der Waals surface area contributed by atoms with Crippen molar-refractivity contribution in [1.82, 2.24) is 15.7 Å². The number of nitrogens with two attached hydrogens (primary N) is 1. The van der Waals surface area contributed by atoms with Crippen molar-refractivity contribution in [1.29, 1.82) is 0 Å². The van der Waals surface area contributed by atoms with Crippen LogP contribution >= 0.6 is 11.8 Å². The van der Waals surface area contributed by atoms with Gasteiger partial charge >= 0.3 is 0 Å². The van der Waals surface area contributed by atoms with E-state index in [9.17, 15) is 0 Å². The van der Waals surface area contributed by atoms with Crippen LogP contribution in [0.15, 0.2) is 11.3 Å². The monoisotopic (exact) mass is 212 g/mol. The topological polar surface area (TPSA) is 90.9 Å². The Kier molecular flexibility index (Phi) is 4.31. The number of aliphatic imine (C=N–C) groups is 1. The summed E-state index contributed by atoms with van der Waals surface area (Å²) in [5.41, 5.74) is 14.2. The second-order valence-corrected chi connectivity index (χ2v) is 3.90. The third kappa shape index (κ3) is 3.69. The van der Waals surface area contributed by atoms with Crippen LogP contribution in [0, 0.1) is 6.92 Å². The molecule has 6 heteroatoms. The van der Waals surface area contributed by atoms with Gasteiger partial charge in [0.05, 0.1) is 18.6 Å². The summed E-state index contributed by atoms with van der Waals surface area (Å²) >= 11 is 1.74. The highest BCUT2D eigenvalue weighted by molar-refractivity contribution is 7.98. The highest BCUT2D eigenvalue weighted by atomic mass is 32.2. The zero-order valence-electron chi connectivity index (χ0n) is 8.08. The van der Waals surface area contributed by atoms with Gasteiger partial charge in [-0.05, 0) is 6.92 Å². The first kappa shape index (κ1) is 10.9. The fraction of sp³-hybridized carbons (Fsp3) is 0.500. The number of nitrogens with one attached hydrogen (secondary N) is 2. The van der Waals surface area contributed by atoms with Crippen molar-refractivity contribution >= 4 is 17.7 Å². The van der Waals surface area contributed by atoms with E-state index in [2.05, 4.69) is 15.0 Å². The standard InChI is InChI=1S/C8H14N5S/c1-6-7(13-5-12-6)4-14-3-2-11-8(9)10/h5,9H,2-4H2,1H3,(H2,10,11)(H,12,13). The maximum atomic E-state index is 6.89. The number of aromatic amines is 1. The molecule has 1 aromatic heterocycles. The summed E-state index contributed by atoms with van der Waals surface area (Å²) in [6.07, 6.45) is 1.70. The first-order valence-corrected chi connectivity index (χ1v) is 5.43. The number of thioether (sulfide) groups is 1. The van der Waals surface area contributed by atoms with E-state index in [4.69, 9.17) is 11.5 Å². The van der Waals surface area contributed by atoms with E-state index in [0.717, 1.165) is 22.9 Å². The Morgan fingerprint density at radius 1 is 1.79 bits per heavy atom. The summed E-state index contributed by atoms with van der Waals surface area (Å²) in [6.45, 7) is 2.60. The van der Waals surface area contributed by atoms with Crippen molar-refractivity contribution in [3.8, 4) is 0 Å². The molecule has 1 rings (SSSR count). The Labute approximate surface area is 87.4 Å². The van der Waals surface area contributed by atoms with E-state index in [1.165, 1.54) is 0 Å². The number of H-pyrrole nitrogens is 1. The summed E-state index contributed by atoms with van der Waals surface area (Å²) in [5.74, 6) is 1.65. The summed E-state index contributed by atoms with van der Waals surface area (Å²) in [4.78, 5) is 11.0. The van der Waals surface area contributed by atoms with E-state index in [1.807, 2.05) is 6.92 Å². The summed E-state index contributed by atoms with van der Waals surface area (Å²) in [5, 5.41) is 0. The molecule has 0 atom stereocenters. The molecule has 0 bridgehead atoms. The largest absolute Gasteiger partial charge is 0.369 e. The van der Waals surface area contributed by atoms with Gasteiger partial charge in [0, 0.05) is 17.2 Å². The van der Waals surface area contributed by atoms with Gasteiger partial charge in [-0.3, -0.25) is 10.7 Å². The fourth-order valence-electron chi connectivity index (χ4n) is 0.932. The third-order valence-corrected chi connectivity index (χ3v) is 2.64. The number of hydrogen-bond donors (Lipinski definition) is 2. The van der Waals surface area contributed by atoms with E-state index in [1.54, 1.807) is 18.1 Å². The van der Waals surface area contributed by atoms with Crippen molar-refractivity contribution in [2.75, 3.05) is 12.3 Å². The molecule has 1 heterocycles. The van der Waals surface area contributed by atoms with E-state index < -0.39 is 0 Å². The molecule has 0 unspecified atom stereocenters. The molecule has 1 radical (unpaired) electrons. The number of guanidine groups is 1. The SMILES string of the molecule is Cc1[nH]cnc1CSCCN=C([NH])N. The van der Waals surface area contributed by atoms with Crippen LogP contribution in [0.1, 0.15) is 11.4 Å². The molecule has 0 amide bonds. The van der Waals surface area contributed by atoms with Gasteiger partial charge in [0.1, 0.15) is 0 Å². The predicted molar refractivity (Wildman–Crippen MR) is 59.1 cm³/mol. The van der Waals surface area contributed by atoms with Gasteiger partial charge in [0.15, 0.2) is 0 Å². The quantitative estimate of drug-likeness (QED) is 0.424. The second-order valence-electron chi connectivity index (χ2n) is 2.79. The molecule has 77 valence electrons. The molecule has 0 aliphatic rings. The third-order valence-electron chi connectivity index (χ3n) is 1.69. The van der Waals surface area contributed by atoms with Gasteiger partial charge in [0.2, 0.25) is 5.96 Å². The van der Waals surface area contributed by atoms with Crippen LogP contribution in [0.5, 0.6) is 0 Å². The first-order valence-electron chi connectivity index (χ1n) is 4.28. The lowest BCUT2D eigenvalue weighted by molar-refractivity contribution is 1.11. The summed E-state index contributed by atoms with van der Waals surface area (Å²) in [7, 11) is 0. The average molecular weight is 212 g/mol. The predicted octanol–water partition coefficient (Wildman–Crippen LogP) is 0.549. The van der Waals surface area contributed by atoms with Crippen molar-refractivity contribution in [2.24, 2.45) is 10.7 Å². The van der Waals surface area contributed by atoms with Crippen LogP contribution in [0.25, 0.3) is 0 Å². The molecule has 0 saturated carbocycles. The number of hydrogen-bond acceptors (Lipinski definition) is 3. The van der Waals surface area contributed by atoms with Gasteiger partial charge in [0.25, 0.3) is 0 Å². The maximum absolute atomic E-state index is 6.89. The zero-order valence-corrected chi connectivity index (χ0v) is 8.90. The molecule has 0 aliphatic carbocycles. The van der Waals surface area contributed by atoms with Gasteiger partial charge in [-0.25, -0.2) is 4.98 Å². The molecule has 0 aromatic carbocycles. The molecule has 0 spiro atoms. The molecular weight excluding hydrogens is 198 g/mol. The zero-order chi connectivity index (χ0) is 10.4. The Bertz CT molecular complexity index is 302. The molecule has 14 heavy (non-hydrogen) atoms. The van der Waals surface area contributed by atoms with E-state index in [0.29, 0.717) is 6.54 Å². The van der Waals surface area contributed by atoms with Crippen LogP contribution in [-0.4, -0.2) is 28.2 Å². The minimum atomic E-state index is -0.0958. The minimum Gasteiger partial charge on any atom is -0.369 e. The molecule has 5 nitrogen and oxygen atoms in total. The Morgan fingerprint density at radius 2 is 2.57 bits per heavy atom. The first-order chi connectivity index (χ1) is 6.70. The highest BCUT2D eigenvalue weighted by Crippen LogP contribution is 2.11. The molecule has 0 aliphatic heterocycles. The van der Waals surface area contributed by atoms with Crippen LogP contribution in [-0.2, 0) is 5.75 Å². The number of rotatable bonds is 5. The molecule has 1 aromatic rings. The maximum Gasteiger partial charge on any atom is 0.207 e. The van der Waals surface area contributed by atoms with Gasteiger partial charge in [-0.2, -0.15) is 11.8 Å². The number of aryl methyl sites for hydroxylation is 1. The minimum absolute atomic E-state index is 0.0958. The van der Waals surface area contributed by atoms with Crippen LogP contribution < -0.4 is 11.5 Å². The number of nitrogens with zero attached hydrogens (tertiary/aromatic N) is 2. The van der Waals surface area contributed by atoms with Crippen LogP contribution in [0.3, 0.4) is 0 Å². The van der Waals surface area contributed by atoms with Gasteiger partial charge < -0.3 is 10.7 Å². The van der Waals surface area contributed by atoms with Crippen LogP contribution in [0.4, 0.5) is 0 Å². The second kappa shape index (κ2) is 5.54.